The van der Waals surface area contributed by atoms with Gasteiger partial charge in [0, 0.05) is 6.20 Å². The first kappa shape index (κ1) is 11.1. The minimum atomic E-state index is -0.707. The summed E-state index contributed by atoms with van der Waals surface area (Å²) in [5.41, 5.74) is 5.43. The molecule has 0 saturated heterocycles. The van der Waals surface area contributed by atoms with Crippen LogP contribution in [0.15, 0.2) is 18.3 Å². The summed E-state index contributed by atoms with van der Waals surface area (Å²) in [6.07, 6.45) is 6.76. The lowest BCUT2D eigenvalue weighted by Crippen LogP contribution is -2.42. The third-order valence-electron chi connectivity index (χ3n) is 1.84. The lowest BCUT2D eigenvalue weighted by molar-refractivity contribution is 0.0926. The van der Waals surface area contributed by atoms with Gasteiger partial charge >= 0.3 is 0 Å². The Morgan fingerprint density at radius 3 is 2.87 bits per heavy atom. The highest BCUT2D eigenvalue weighted by Gasteiger charge is 2.20. The van der Waals surface area contributed by atoms with E-state index in [1.807, 2.05) is 0 Å². The largest absolute Gasteiger partial charge is 0.397 e. The van der Waals surface area contributed by atoms with Gasteiger partial charge in [-0.05, 0) is 26.0 Å². The summed E-state index contributed by atoms with van der Waals surface area (Å²) in [5.74, 6) is 2.10. The van der Waals surface area contributed by atoms with Gasteiger partial charge in [-0.2, -0.15) is 0 Å². The van der Waals surface area contributed by atoms with Gasteiger partial charge in [0.2, 0.25) is 0 Å². The molecule has 4 nitrogen and oxygen atoms in total. The fourth-order valence-corrected chi connectivity index (χ4v) is 0.987. The number of rotatable bonds is 2. The normalized spacial score (nSPS) is 10.5. The van der Waals surface area contributed by atoms with E-state index in [9.17, 15) is 4.79 Å². The Balaban J connectivity index is 2.89. The molecule has 0 radical (unpaired) electrons. The standard InChI is InChI=1S/C11H13N3O/c1-4-11(2,3)14-10(15)9-8(12)6-5-7-13-9/h1,5-7H,12H2,2-3H3,(H,14,15). The Kier molecular flexibility index (Phi) is 2.96. The lowest BCUT2D eigenvalue weighted by Gasteiger charge is -2.19. The molecular formula is C11H13N3O. The quantitative estimate of drug-likeness (QED) is 0.699. The van der Waals surface area contributed by atoms with Crippen molar-refractivity contribution in [3.63, 3.8) is 0 Å². The molecule has 1 amide bonds. The third-order valence-corrected chi connectivity index (χ3v) is 1.84. The first-order chi connectivity index (χ1) is 6.96. The van der Waals surface area contributed by atoms with Crippen LogP contribution in [0.3, 0.4) is 0 Å². The van der Waals surface area contributed by atoms with Gasteiger partial charge in [-0.25, -0.2) is 4.98 Å². The van der Waals surface area contributed by atoms with Crippen molar-refractivity contribution in [2.24, 2.45) is 0 Å². The number of pyridine rings is 1. The van der Waals surface area contributed by atoms with Crippen molar-refractivity contribution in [2.75, 3.05) is 5.73 Å². The van der Waals surface area contributed by atoms with E-state index in [0.29, 0.717) is 5.69 Å². The molecule has 0 unspecified atom stereocenters. The lowest BCUT2D eigenvalue weighted by atomic mass is 10.1. The maximum absolute atomic E-state index is 11.7. The number of anilines is 1. The fraction of sp³-hybridized carbons (Fsp3) is 0.273. The van der Waals surface area contributed by atoms with E-state index in [1.54, 1.807) is 26.0 Å². The van der Waals surface area contributed by atoms with Crippen LogP contribution in [0, 0.1) is 12.3 Å². The van der Waals surface area contributed by atoms with Crippen molar-refractivity contribution >= 4 is 11.6 Å². The zero-order chi connectivity index (χ0) is 11.5. The highest BCUT2D eigenvalue weighted by Crippen LogP contribution is 2.08. The summed E-state index contributed by atoms with van der Waals surface area (Å²) >= 11 is 0. The van der Waals surface area contributed by atoms with Crippen molar-refractivity contribution in [2.45, 2.75) is 19.4 Å². The number of nitrogens with two attached hydrogens (primary N) is 1. The summed E-state index contributed by atoms with van der Waals surface area (Å²) in [4.78, 5) is 15.6. The van der Waals surface area contributed by atoms with E-state index in [1.165, 1.54) is 6.20 Å². The molecule has 0 aromatic carbocycles. The molecule has 0 atom stereocenters. The summed E-state index contributed by atoms with van der Waals surface area (Å²) in [7, 11) is 0. The predicted octanol–water partition coefficient (Wildman–Crippen LogP) is 0.805. The van der Waals surface area contributed by atoms with E-state index in [4.69, 9.17) is 12.2 Å². The molecule has 0 aliphatic rings. The monoisotopic (exact) mass is 203 g/mol. The van der Waals surface area contributed by atoms with Crippen LogP contribution in [0.2, 0.25) is 0 Å². The average Bonchev–Trinajstić information content (AvgIpc) is 2.17. The molecule has 1 aromatic heterocycles. The number of nitrogens with zero attached hydrogens (tertiary/aromatic N) is 1. The second-order valence-corrected chi connectivity index (χ2v) is 3.66. The summed E-state index contributed by atoms with van der Waals surface area (Å²) in [6.45, 7) is 3.45. The van der Waals surface area contributed by atoms with Crippen LogP contribution >= 0.6 is 0 Å². The molecule has 15 heavy (non-hydrogen) atoms. The van der Waals surface area contributed by atoms with E-state index >= 15 is 0 Å². The van der Waals surface area contributed by atoms with Crippen LogP contribution in [0.1, 0.15) is 24.3 Å². The van der Waals surface area contributed by atoms with Crippen LogP contribution in [0.4, 0.5) is 5.69 Å². The first-order valence-corrected chi connectivity index (χ1v) is 4.47. The van der Waals surface area contributed by atoms with Gasteiger partial charge in [-0.1, -0.05) is 5.92 Å². The van der Waals surface area contributed by atoms with Gasteiger partial charge in [0.1, 0.15) is 0 Å². The number of hydrogen-bond acceptors (Lipinski definition) is 3. The summed E-state index contributed by atoms with van der Waals surface area (Å²) in [5, 5.41) is 2.65. The molecule has 0 aliphatic carbocycles. The fourth-order valence-electron chi connectivity index (χ4n) is 0.987. The smallest absolute Gasteiger partial charge is 0.273 e. The van der Waals surface area contributed by atoms with Crippen molar-refractivity contribution < 1.29 is 4.79 Å². The van der Waals surface area contributed by atoms with Gasteiger partial charge in [-0.3, -0.25) is 4.79 Å². The number of amides is 1. The molecular weight excluding hydrogens is 190 g/mol. The van der Waals surface area contributed by atoms with E-state index < -0.39 is 5.54 Å². The second kappa shape index (κ2) is 4.01. The summed E-state index contributed by atoms with van der Waals surface area (Å²) < 4.78 is 0. The molecule has 1 heterocycles. The van der Waals surface area contributed by atoms with Crippen molar-refractivity contribution in [1.29, 1.82) is 0 Å². The van der Waals surface area contributed by atoms with E-state index in [0.717, 1.165) is 0 Å². The van der Waals surface area contributed by atoms with Crippen LogP contribution < -0.4 is 11.1 Å². The topological polar surface area (TPSA) is 68.0 Å². The number of carbonyl (C=O) groups excluding carboxylic acids is 1. The highest BCUT2D eigenvalue weighted by molar-refractivity contribution is 5.97. The van der Waals surface area contributed by atoms with Gasteiger partial charge in [-0.15, -0.1) is 6.42 Å². The Morgan fingerprint density at radius 2 is 2.33 bits per heavy atom. The second-order valence-electron chi connectivity index (χ2n) is 3.66. The third kappa shape index (κ3) is 2.71. The Morgan fingerprint density at radius 1 is 1.67 bits per heavy atom. The van der Waals surface area contributed by atoms with Gasteiger partial charge in [0.15, 0.2) is 5.69 Å². The molecule has 0 aliphatic heterocycles. The van der Waals surface area contributed by atoms with Crippen LogP contribution in [-0.2, 0) is 0 Å². The molecule has 1 aromatic rings. The average molecular weight is 203 g/mol. The minimum Gasteiger partial charge on any atom is -0.397 e. The van der Waals surface area contributed by atoms with Gasteiger partial charge in [0.05, 0.1) is 11.2 Å². The van der Waals surface area contributed by atoms with Crippen LogP contribution in [0.5, 0.6) is 0 Å². The Bertz CT molecular complexity index is 418. The number of hydrogen-bond donors (Lipinski definition) is 2. The van der Waals surface area contributed by atoms with Crippen molar-refractivity contribution in [3.8, 4) is 12.3 Å². The summed E-state index contributed by atoms with van der Waals surface area (Å²) in [6, 6.07) is 3.28. The maximum Gasteiger partial charge on any atom is 0.273 e. The number of terminal acetylenes is 1. The number of nitrogen functional groups attached to an aromatic ring is 1. The molecule has 0 spiro atoms. The molecule has 1 rings (SSSR count). The highest BCUT2D eigenvalue weighted by atomic mass is 16.2. The van der Waals surface area contributed by atoms with Crippen LogP contribution in [-0.4, -0.2) is 16.4 Å². The van der Waals surface area contributed by atoms with E-state index in [-0.39, 0.29) is 11.6 Å². The SMILES string of the molecule is C#CC(C)(C)NC(=O)c1ncccc1N. The zero-order valence-electron chi connectivity index (χ0n) is 8.74. The maximum atomic E-state index is 11.7. The van der Waals surface area contributed by atoms with Gasteiger partial charge < -0.3 is 11.1 Å². The Labute approximate surface area is 88.9 Å². The molecule has 0 saturated carbocycles. The molecule has 0 bridgehead atoms. The van der Waals surface area contributed by atoms with Crippen LogP contribution in [0.25, 0.3) is 0 Å². The van der Waals surface area contributed by atoms with Crippen molar-refractivity contribution in [1.82, 2.24) is 10.3 Å². The van der Waals surface area contributed by atoms with Crippen molar-refractivity contribution in [3.05, 3.63) is 24.0 Å². The molecule has 4 heteroatoms. The number of carbonyl (C=O) groups is 1. The Hall–Kier alpha value is -2.02. The zero-order valence-corrected chi connectivity index (χ0v) is 8.74. The number of aromatic nitrogens is 1. The first-order valence-electron chi connectivity index (χ1n) is 4.47. The minimum absolute atomic E-state index is 0.195. The predicted molar refractivity (Wildman–Crippen MR) is 59.0 cm³/mol. The number of nitrogens with one attached hydrogen (secondary N) is 1. The molecule has 3 N–H and O–H groups in total. The molecule has 0 fully saturated rings. The van der Waals surface area contributed by atoms with E-state index in [2.05, 4.69) is 16.2 Å². The molecule has 78 valence electrons. The van der Waals surface area contributed by atoms with Gasteiger partial charge in [0.25, 0.3) is 5.91 Å².